The summed E-state index contributed by atoms with van der Waals surface area (Å²) < 4.78 is 20.2. The zero-order chi connectivity index (χ0) is 43.3. The number of hydrogen-bond donors (Lipinski definition) is 0. The molecule has 0 atom stereocenters. The van der Waals surface area contributed by atoms with Crippen LogP contribution in [0.4, 0.5) is 0 Å². The second-order valence-corrected chi connectivity index (χ2v) is 16.9. The molecular weight excluding hydrogens is 809 g/mol. The zero-order valence-electron chi connectivity index (χ0n) is 35.4. The van der Waals surface area contributed by atoms with Crippen molar-refractivity contribution in [1.82, 2.24) is 14.0 Å². The van der Waals surface area contributed by atoms with Crippen molar-refractivity contribution in [3.8, 4) is 56.4 Å². The third kappa shape index (κ3) is 5.48. The number of aromatic nitrogens is 4. The molecule has 0 N–H and O–H groups in total. The lowest BCUT2D eigenvalue weighted by Crippen LogP contribution is -2.31. The molecule has 0 spiro atoms. The minimum atomic E-state index is 0.710. The molecule has 0 saturated carbocycles. The van der Waals surface area contributed by atoms with Crippen LogP contribution in [0.25, 0.3) is 116 Å². The van der Waals surface area contributed by atoms with Crippen molar-refractivity contribution in [2.45, 2.75) is 0 Å². The van der Waals surface area contributed by atoms with Gasteiger partial charge in [-0.1, -0.05) is 140 Å². The molecule has 6 heteroatoms. The summed E-state index contributed by atoms with van der Waals surface area (Å²) >= 11 is 0. The van der Waals surface area contributed by atoms with Gasteiger partial charge >= 0.3 is 0 Å². The van der Waals surface area contributed by atoms with Gasteiger partial charge in [-0.3, -0.25) is 13.5 Å². The summed E-state index contributed by atoms with van der Waals surface area (Å²) in [6.45, 7) is 0. The highest BCUT2D eigenvalue weighted by atomic mass is 16.5. The molecule has 0 bridgehead atoms. The van der Waals surface area contributed by atoms with E-state index in [1.165, 1.54) is 11.1 Å². The van der Waals surface area contributed by atoms with Gasteiger partial charge in [0.1, 0.15) is 28.5 Å². The topological polar surface area (TPSA) is 48.5 Å². The number of furan rings is 1. The van der Waals surface area contributed by atoms with Crippen LogP contribution < -0.4 is 9.30 Å². The second kappa shape index (κ2) is 14.3. The molecule has 5 aromatic heterocycles. The van der Waals surface area contributed by atoms with E-state index in [1.807, 2.05) is 18.3 Å². The number of hydrogen-bond acceptors (Lipinski definition) is 3. The predicted molar refractivity (Wildman–Crippen MR) is 266 cm³/mol. The van der Waals surface area contributed by atoms with Crippen LogP contribution in [0.3, 0.4) is 0 Å². The maximum absolute atomic E-state index is 6.93. The summed E-state index contributed by atoms with van der Waals surface area (Å²) in [7, 11) is 0. The molecule has 9 aromatic carbocycles. The first kappa shape index (κ1) is 36.5. The van der Waals surface area contributed by atoms with Crippen molar-refractivity contribution in [2.24, 2.45) is 0 Å². The minimum Gasteiger partial charge on any atom is -0.458 e. The third-order valence-corrected chi connectivity index (χ3v) is 13.2. The normalized spacial score (nSPS) is 11.9. The Kier molecular flexibility index (Phi) is 7.88. The fourth-order valence-corrected chi connectivity index (χ4v) is 10.3. The summed E-state index contributed by atoms with van der Waals surface area (Å²) in [6.07, 6.45) is 5.78. The number of pyridine rings is 1. The lowest BCUT2D eigenvalue weighted by atomic mass is 9.95. The molecule has 0 amide bonds. The van der Waals surface area contributed by atoms with Crippen LogP contribution in [0, 0.1) is 6.33 Å². The molecule has 0 radical (unpaired) electrons. The summed E-state index contributed by atoms with van der Waals surface area (Å²) in [4.78, 5) is 4.81. The number of nitrogens with zero attached hydrogens (tertiary/aromatic N) is 4. The summed E-state index contributed by atoms with van der Waals surface area (Å²) in [5.74, 6) is 2.28. The van der Waals surface area contributed by atoms with Gasteiger partial charge in [-0.15, -0.1) is 0 Å². The number of benzene rings is 9. The van der Waals surface area contributed by atoms with Crippen LogP contribution in [0.1, 0.15) is 0 Å². The predicted octanol–water partition coefficient (Wildman–Crippen LogP) is 14.9. The van der Waals surface area contributed by atoms with Gasteiger partial charge in [0.15, 0.2) is 0 Å². The van der Waals surface area contributed by atoms with E-state index in [0.29, 0.717) is 5.75 Å². The van der Waals surface area contributed by atoms with E-state index in [9.17, 15) is 0 Å². The lowest BCUT2D eigenvalue weighted by Gasteiger charge is -2.17. The molecule has 6 nitrogen and oxygen atoms in total. The number of ether oxygens (including phenoxy) is 1. The Morgan fingerprint density at radius 1 is 0.455 bits per heavy atom. The molecule has 5 heterocycles. The van der Waals surface area contributed by atoms with E-state index in [-0.39, 0.29) is 0 Å². The van der Waals surface area contributed by atoms with Gasteiger partial charge in [0.05, 0.1) is 33.3 Å². The van der Waals surface area contributed by atoms with Crippen molar-refractivity contribution in [1.29, 1.82) is 0 Å². The van der Waals surface area contributed by atoms with Gasteiger partial charge in [0, 0.05) is 33.8 Å². The fraction of sp³-hybridized carbons (Fsp3) is 0. The quantitative estimate of drug-likeness (QED) is 0.119. The molecule has 0 aliphatic carbocycles. The van der Waals surface area contributed by atoms with Crippen LogP contribution >= 0.6 is 0 Å². The van der Waals surface area contributed by atoms with Crippen LogP contribution in [-0.4, -0.2) is 14.0 Å². The summed E-state index contributed by atoms with van der Waals surface area (Å²) in [5, 5.41) is 6.60. The highest BCUT2D eigenvalue weighted by Gasteiger charge is 2.25. The van der Waals surface area contributed by atoms with E-state index >= 15 is 0 Å². The molecule has 308 valence electrons. The van der Waals surface area contributed by atoms with Gasteiger partial charge in [-0.05, 0) is 111 Å². The first-order chi connectivity index (χ1) is 32.7. The minimum absolute atomic E-state index is 0.710. The van der Waals surface area contributed by atoms with Gasteiger partial charge in [0.2, 0.25) is 0 Å². The van der Waals surface area contributed by atoms with Crippen molar-refractivity contribution in [3.63, 3.8) is 0 Å². The zero-order valence-corrected chi connectivity index (χ0v) is 35.4. The third-order valence-electron chi connectivity index (χ3n) is 13.2. The van der Waals surface area contributed by atoms with Crippen LogP contribution in [-0.2, 0) is 0 Å². The molecule has 0 fully saturated rings. The number of fused-ring (bicyclic) bond motifs is 6. The average Bonchev–Trinajstić information content (AvgIpc) is 4.04. The van der Waals surface area contributed by atoms with E-state index in [1.54, 1.807) is 0 Å². The summed E-state index contributed by atoms with van der Waals surface area (Å²) in [5.41, 5.74) is 14.6. The fourth-order valence-electron chi connectivity index (χ4n) is 10.3. The van der Waals surface area contributed by atoms with Gasteiger partial charge < -0.3 is 9.15 Å². The van der Waals surface area contributed by atoms with Crippen LogP contribution in [0.15, 0.2) is 223 Å². The standard InChI is InChI=1S/C60H36N4O2/c1-4-14-38(15-5-1)41-25-30-50-49(34-41)47-29-27-43(36-53(47)64(50)56-24-10-11-33-61-56)65-42-26-28-46-48-22-13-23-54-57(48)58-55(66-54)32-31-51-60(58)63(52(46)35-42)37-62(51)59-44(39-16-6-2-7-17-39)20-12-21-45(59)40-18-8-3-9-19-40/h1-36H. The molecule has 14 aromatic rings. The molecule has 0 saturated heterocycles. The molecular formula is C60H36N4O2. The number of para-hydroxylation sites is 1. The highest BCUT2D eigenvalue weighted by molar-refractivity contribution is 6.27. The Bertz CT molecular complexity index is 4120. The van der Waals surface area contributed by atoms with Crippen LogP contribution in [0.5, 0.6) is 11.5 Å². The van der Waals surface area contributed by atoms with Crippen molar-refractivity contribution < 1.29 is 13.7 Å². The number of rotatable bonds is 7. The Hall–Kier alpha value is -9.00. The Labute approximate surface area is 378 Å². The van der Waals surface area contributed by atoms with Gasteiger partial charge in [-0.25, -0.2) is 4.98 Å². The Balaban J connectivity index is 0.998. The lowest BCUT2D eigenvalue weighted by molar-refractivity contribution is -0.570. The highest BCUT2D eigenvalue weighted by Crippen LogP contribution is 2.43. The number of imidazole rings is 1. The van der Waals surface area contributed by atoms with E-state index in [4.69, 9.17) is 14.1 Å². The Morgan fingerprint density at radius 2 is 1.11 bits per heavy atom. The van der Waals surface area contributed by atoms with Crippen molar-refractivity contribution in [3.05, 3.63) is 225 Å². The first-order valence-corrected chi connectivity index (χ1v) is 22.2. The monoisotopic (exact) mass is 844 g/mol. The first-order valence-electron chi connectivity index (χ1n) is 22.2. The summed E-state index contributed by atoms with van der Waals surface area (Å²) in [6, 6.07) is 74.5. The molecule has 0 unspecified atom stereocenters. The molecule has 66 heavy (non-hydrogen) atoms. The largest absolute Gasteiger partial charge is 0.458 e. The molecule has 0 aliphatic rings. The maximum atomic E-state index is 6.93. The van der Waals surface area contributed by atoms with Crippen LogP contribution in [0.2, 0.25) is 0 Å². The second-order valence-electron chi connectivity index (χ2n) is 16.9. The SMILES string of the molecule is [c-]1n2c3cc(Oc4ccc5c6cc(-c7ccccc7)ccc6n(-c6ccccn6)c5c4)ccc3c3cccc4oc5ccc(c2c5c43)[n+]1-c1c(-c2ccccc2)cccc1-c1ccccc1. The smallest absolute Gasteiger partial charge is 0.269 e. The van der Waals surface area contributed by atoms with Gasteiger partial charge in [0.25, 0.3) is 6.33 Å². The van der Waals surface area contributed by atoms with E-state index < -0.39 is 0 Å². The average molecular weight is 845 g/mol. The molecule has 14 rings (SSSR count). The van der Waals surface area contributed by atoms with E-state index in [2.05, 4.69) is 220 Å². The van der Waals surface area contributed by atoms with Crippen molar-refractivity contribution in [2.75, 3.05) is 0 Å². The maximum Gasteiger partial charge on any atom is 0.269 e. The Morgan fingerprint density at radius 3 is 1.82 bits per heavy atom. The molecule has 0 aliphatic heterocycles. The van der Waals surface area contributed by atoms with E-state index in [0.717, 1.165) is 111 Å². The van der Waals surface area contributed by atoms with Gasteiger partial charge in [-0.2, -0.15) is 0 Å². The van der Waals surface area contributed by atoms with Crippen molar-refractivity contribution >= 4 is 71.1 Å².